The summed E-state index contributed by atoms with van der Waals surface area (Å²) >= 11 is 0. The van der Waals surface area contributed by atoms with E-state index in [2.05, 4.69) is 34.6 Å². The Morgan fingerprint density at radius 3 is 2.50 bits per heavy atom. The number of unbranched alkanes of at least 4 members (excludes halogenated alkanes) is 1. The topological polar surface area (TPSA) is 18.5 Å². The zero-order chi connectivity index (χ0) is 12.2. The van der Waals surface area contributed by atoms with Gasteiger partial charge in [0.2, 0.25) is 0 Å². The molecule has 1 heterocycles. The second-order valence-electron chi connectivity index (χ2n) is 5.71. The average molecular weight is 228 g/mol. The largest absolute Gasteiger partial charge is 0.349 e. The highest BCUT2D eigenvalue weighted by Gasteiger charge is 2.36. The van der Waals surface area contributed by atoms with E-state index in [9.17, 15) is 0 Å². The first-order valence-corrected chi connectivity index (χ1v) is 6.81. The number of ether oxygens (including phenoxy) is 2. The van der Waals surface area contributed by atoms with E-state index in [-0.39, 0.29) is 11.9 Å². The number of rotatable bonds is 5. The fraction of sp³-hybridized carbons (Fsp3) is 1.00. The molecule has 0 N–H and O–H groups in total. The Balaban J connectivity index is 2.55. The number of hydrogen-bond donors (Lipinski definition) is 0. The van der Waals surface area contributed by atoms with Gasteiger partial charge in [-0.3, -0.25) is 0 Å². The van der Waals surface area contributed by atoms with Gasteiger partial charge in [0.1, 0.15) is 0 Å². The van der Waals surface area contributed by atoms with Crippen LogP contribution in [0.1, 0.15) is 66.7 Å². The van der Waals surface area contributed by atoms with Crippen molar-refractivity contribution < 1.29 is 9.47 Å². The lowest BCUT2D eigenvalue weighted by molar-refractivity contribution is -0.288. The maximum Gasteiger partial charge on any atom is 0.161 e. The molecule has 16 heavy (non-hydrogen) atoms. The third-order valence-corrected chi connectivity index (χ3v) is 3.42. The maximum absolute atomic E-state index is 6.07. The van der Waals surface area contributed by atoms with Gasteiger partial charge in [-0.1, -0.05) is 26.7 Å². The summed E-state index contributed by atoms with van der Waals surface area (Å²) in [6.45, 7) is 11.0. The van der Waals surface area contributed by atoms with Crippen molar-refractivity contribution in [3.05, 3.63) is 0 Å². The van der Waals surface area contributed by atoms with Gasteiger partial charge < -0.3 is 9.47 Å². The average Bonchev–Trinajstić information content (AvgIpc) is 2.15. The Hall–Kier alpha value is -0.0800. The van der Waals surface area contributed by atoms with Gasteiger partial charge in [0, 0.05) is 12.3 Å². The molecule has 0 aromatic heterocycles. The Kier molecular flexibility index (Phi) is 5.26. The van der Waals surface area contributed by atoms with E-state index in [1.165, 1.54) is 19.3 Å². The Bertz CT molecular complexity index is 201. The van der Waals surface area contributed by atoms with Crippen LogP contribution in [0.3, 0.4) is 0 Å². The highest BCUT2D eigenvalue weighted by atomic mass is 16.7. The Labute approximate surface area is 101 Å². The molecule has 0 bridgehead atoms. The van der Waals surface area contributed by atoms with Crippen LogP contribution in [0.5, 0.6) is 0 Å². The second-order valence-corrected chi connectivity index (χ2v) is 5.71. The molecule has 1 saturated heterocycles. The molecule has 1 aliphatic heterocycles. The molecule has 1 rings (SSSR count). The maximum atomic E-state index is 6.07. The zero-order valence-electron chi connectivity index (χ0n) is 11.6. The zero-order valence-corrected chi connectivity index (χ0v) is 11.6. The van der Waals surface area contributed by atoms with Crippen LogP contribution in [0.4, 0.5) is 0 Å². The van der Waals surface area contributed by atoms with Crippen molar-refractivity contribution in [3.63, 3.8) is 0 Å². The molecule has 0 aliphatic carbocycles. The van der Waals surface area contributed by atoms with Crippen LogP contribution >= 0.6 is 0 Å². The minimum atomic E-state index is -0.0258. The monoisotopic (exact) mass is 228 g/mol. The standard InChI is InChI=1S/C14H28O2/c1-6-8-9-12(7-2)13-15-11(3)10-14(4,5)16-13/h11-13H,6-10H2,1-5H3/t11-,12-,13-/m1/s1. The summed E-state index contributed by atoms with van der Waals surface area (Å²) in [4.78, 5) is 0. The summed E-state index contributed by atoms with van der Waals surface area (Å²) in [5.74, 6) is 0.557. The van der Waals surface area contributed by atoms with Crippen LogP contribution in [-0.4, -0.2) is 18.0 Å². The van der Waals surface area contributed by atoms with Crippen molar-refractivity contribution in [3.8, 4) is 0 Å². The van der Waals surface area contributed by atoms with E-state index in [0.717, 1.165) is 12.8 Å². The van der Waals surface area contributed by atoms with Crippen LogP contribution in [0.2, 0.25) is 0 Å². The highest BCUT2D eigenvalue weighted by Crippen LogP contribution is 2.33. The summed E-state index contributed by atoms with van der Waals surface area (Å²) in [5, 5.41) is 0. The molecule has 96 valence electrons. The van der Waals surface area contributed by atoms with Crippen molar-refractivity contribution in [2.45, 2.75) is 84.7 Å². The van der Waals surface area contributed by atoms with Gasteiger partial charge in [-0.25, -0.2) is 0 Å². The SMILES string of the molecule is CCCC[C@@H](CC)[C@@H]1O[C@H](C)CC(C)(C)O1. The van der Waals surface area contributed by atoms with Gasteiger partial charge in [0.15, 0.2) is 6.29 Å². The van der Waals surface area contributed by atoms with Crippen LogP contribution in [0.25, 0.3) is 0 Å². The Morgan fingerprint density at radius 2 is 2.00 bits per heavy atom. The van der Waals surface area contributed by atoms with Crippen molar-refractivity contribution in [2.75, 3.05) is 0 Å². The smallest absolute Gasteiger partial charge is 0.161 e. The van der Waals surface area contributed by atoms with Crippen LogP contribution in [-0.2, 0) is 9.47 Å². The minimum absolute atomic E-state index is 0.00954. The fourth-order valence-electron chi connectivity index (χ4n) is 2.57. The summed E-state index contributed by atoms with van der Waals surface area (Å²) in [6, 6.07) is 0. The van der Waals surface area contributed by atoms with Gasteiger partial charge >= 0.3 is 0 Å². The molecule has 2 nitrogen and oxygen atoms in total. The van der Waals surface area contributed by atoms with E-state index in [1.807, 2.05) is 0 Å². The molecule has 0 radical (unpaired) electrons. The quantitative estimate of drug-likeness (QED) is 0.704. The normalized spacial score (nSPS) is 31.3. The minimum Gasteiger partial charge on any atom is -0.349 e. The lowest BCUT2D eigenvalue weighted by Crippen LogP contribution is -2.46. The molecule has 0 saturated carbocycles. The van der Waals surface area contributed by atoms with Crippen molar-refractivity contribution in [1.29, 1.82) is 0 Å². The third kappa shape index (κ3) is 4.06. The van der Waals surface area contributed by atoms with E-state index in [0.29, 0.717) is 12.0 Å². The molecule has 0 amide bonds. The predicted octanol–water partition coefficient (Wildman–Crippen LogP) is 4.13. The lowest BCUT2D eigenvalue weighted by atomic mass is 9.94. The van der Waals surface area contributed by atoms with E-state index in [1.54, 1.807) is 0 Å². The van der Waals surface area contributed by atoms with Crippen LogP contribution in [0, 0.1) is 5.92 Å². The summed E-state index contributed by atoms with van der Waals surface area (Å²) in [6.07, 6.45) is 6.22. The summed E-state index contributed by atoms with van der Waals surface area (Å²) < 4.78 is 12.0. The Morgan fingerprint density at radius 1 is 1.31 bits per heavy atom. The molecule has 0 aromatic rings. The first-order valence-electron chi connectivity index (χ1n) is 6.81. The van der Waals surface area contributed by atoms with Gasteiger partial charge in [-0.2, -0.15) is 0 Å². The lowest BCUT2D eigenvalue weighted by Gasteiger charge is -2.42. The highest BCUT2D eigenvalue weighted by molar-refractivity contribution is 4.79. The van der Waals surface area contributed by atoms with Crippen molar-refractivity contribution >= 4 is 0 Å². The van der Waals surface area contributed by atoms with Crippen molar-refractivity contribution in [2.24, 2.45) is 5.92 Å². The molecular formula is C14H28O2. The van der Waals surface area contributed by atoms with Gasteiger partial charge in [-0.15, -0.1) is 0 Å². The summed E-state index contributed by atoms with van der Waals surface area (Å²) in [5.41, 5.74) is -0.0258. The van der Waals surface area contributed by atoms with E-state index < -0.39 is 0 Å². The van der Waals surface area contributed by atoms with Crippen molar-refractivity contribution in [1.82, 2.24) is 0 Å². The van der Waals surface area contributed by atoms with E-state index >= 15 is 0 Å². The molecule has 0 aromatic carbocycles. The second kappa shape index (κ2) is 6.02. The van der Waals surface area contributed by atoms with Crippen LogP contribution < -0.4 is 0 Å². The molecule has 2 heteroatoms. The van der Waals surface area contributed by atoms with E-state index in [4.69, 9.17) is 9.47 Å². The first kappa shape index (κ1) is 14.0. The molecular weight excluding hydrogens is 200 g/mol. The number of hydrogen-bond acceptors (Lipinski definition) is 2. The fourth-order valence-corrected chi connectivity index (χ4v) is 2.57. The molecule has 0 unspecified atom stereocenters. The van der Waals surface area contributed by atoms with Gasteiger partial charge in [0.05, 0.1) is 11.7 Å². The summed E-state index contributed by atoms with van der Waals surface area (Å²) in [7, 11) is 0. The first-order chi connectivity index (χ1) is 7.48. The molecule has 1 fully saturated rings. The third-order valence-electron chi connectivity index (χ3n) is 3.42. The van der Waals surface area contributed by atoms with Gasteiger partial charge in [-0.05, 0) is 33.6 Å². The molecule has 1 aliphatic rings. The molecule has 3 atom stereocenters. The molecule has 0 spiro atoms. The van der Waals surface area contributed by atoms with Crippen LogP contribution in [0.15, 0.2) is 0 Å². The van der Waals surface area contributed by atoms with Gasteiger partial charge in [0.25, 0.3) is 0 Å². The predicted molar refractivity (Wildman–Crippen MR) is 67.4 cm³/mol.